The fourth-order valence-corrected chi connectivity index (χ4v) is 8.66. The maximum absolute atomic E-state index is 9.00. The van der Waals surface area contributed by atoms with Gasteiger partial charge in [-0.2, -0.15) is 0 Å². The van der Waals surface area contributed by atoms with Crippen LogP contribution in [0.3, 0.4) is 0 Å². The summed E-state index contributed by atoms with van der Waals surface area (Å²) in [6.45, 7) is 4.52. The monoisotopic (exact) mass is 766 g/mol. The van der Waals surface area contributed by atoms with Crippen LogP contribution in [-0.2, 0) is 14.9 Å². The molecule has 0 amide bonds. The van der Waals surface area contributed by atoms with Crippen molar-refractivity contribution in [2.45, 2.75) is 69.6 Å². The van der Waals surface area contributed by atoms with Gasteiger partial charge in [-0.3, -0.25) is 0 Å². The minimum absolute atomic E-state index is 0.265. The summed E-state index contributed by atoms with van der Waals surface area (Å²) in [7, 11) is 0. The third-order valence-electron chi connectivity index (χ3n) is 11.3. The van der Waals surface area contributed by atoms with Gasteiger partial charge < -0.3 is 29.2 Å². The van der Waals surface area contributed by atoms with Crippen LogP contribution in [-0.4, -0.2) is 63.1 Å². The Bertz CT molecular complexity index is 2020. The van der Waals surface area contributed by atoms with E-state index in [4.69, 9.17) is 29.2 Å². The van der Waals surface area contributed by atoms with Crippen LogP contribution in [0.2, 0.25) is 0 Å². The zero-order valence-electron chi connectivity index (χ0n) is 33.3. The second-order valence-corrected chi connectivity index (χ2v) is 15.1. The van der Waals surface area contributed by atoms with E-state index in [1.165, 1.54) is 44.2 Å². The number of rotatable bonds is 24. The van der Waals surface area contributed by atoms with Crippen LogP contribution < -0.4 is 9.47 Å². The van der Waals surface area contributed by atoms with Crippen molar-refractivity contribution in [3.05, 3.63) is 144 Å². The molecule has 1 aliphatic rings. The lowest BCUT2D eigenvalue weighted by atomic mass is 9.65. The molecule has 0 aromatic heterocycles. The van der Waals surface area contributed by atoms with Gasteiger partial charge in [0, 0.05) is 63.3 Å². The van der Waals surface area contributed by atoms with Gasteiger partial charge in [0.2, 0.25) is 0 Å². The van der Waals surface area contributed by atoms with Gasteiger partial charge >= 0.3 is 0 Å². The third kappa shape index (κ3) is 9.05. The van der Waals surface area contributed by atoms with Crippen LogP contribution in [0.1, 0.15) is 86.5 Å². The first kappa shape index (κ1) is 40.5. The number of hydrogen-bond donors (Lipinski definition) is 2. The summed E-state index contributed by atoms with van der Waals surface area (Å²) in [6.07, 6.45) is 9.68. The highest BCUT2D eigenvalue weighted by molar-refractivity contribution is 6.00. The largest absolute Gasteiger partial charge is 0.493 e. The lowest BCUT2D eigenvalue weighted by Gasteiger charge is -2.36. The summed E-state index contributed by atoms with van der Waals surface area (Å²) in [5.41, 5.74) is 6.88. The van der Waals surface area contributed by atoms with E-state index >= 15 is 0 Å². The molecule has 6 aromatic carbocycles. The number of unbranched alkanes of at least 4 members (excludes halogenated alkanes) is 6. The van der Waals surface area contributed by atoms with Gasteiger partial charge in [0.1, 0.15) is 11.5 Å². The first-order chi connectivity index (χ1) is 28.3. The number of hydrogen-bond acceptors (Lipinski definition) is 6. The average molecular weight is 767 g/mol. The van der Waals surface area contributed by atoms with Crippen LogP contribution in [0.15, 0.2) is 121 Å². The molecule has 6 nitrogen and oxygen atoms in total. The maximum atomic E-state index is 9.00. The van der Waals surface area contributed by atoms with E-state index in [0.717, 1.165) is 99.7 Å². The molecule has 0 saturated heterocycles. The molecule has 0 atom stereocenters. The number of fused-ring (bicyclic) bond motifs is 5. The van der Waals surface area contributed by atoms with Crippen molar-refractivity contribution in [1.29, 1.82) is 0 Å². The summed E-state index contributed by atoms with van der Waals surface area (Å²) in [5.74, 6) is 1.76. The minimum Gasteiger partial charge on any atom is -0.493 e. The van der Waals surface area contributed by atoms with E-state index in [-0.39, 0.29) is 13.2 Å². The van der Waals surface area contributed by atoms with Crippen molar-refractivity contribution in [3.63, 3.8) is 0 Å². The molecule has 6 aromatic rings. The molecular formula is C51H58O6. The van der Waals surface area contributed by atoms with Crippen molar-refractivity contribution in [2.75, 3.05) is 52.9 Å². The van der Waals surface area contributed by atoms with Crippen molar-refractivity contribution in [1.82, 2.24) is 0 Å². The lowest BCUT2D eigenvalue weighted by molar-refractivity contribution is 0.115. The molecule has 0 fully saturated rings. The number of ether oxygens (including phenoxy) is 4. The first-order valence-corrected chi connectivity index (χ1v) is 21.2. The Balaban J connectivity index is 1.20. The molecule has 57 heavy (non-hydrogen) atoms. The minimum atomic E-state index is -0.612. The second kappa shape index (κ2) is 20.6. The molecule has 7 rings (SSSR count). The highest BCUT2D eigenvalue weighted by Crippen LogP contribution is 2.58. The lowest BCUT2D eigenvalue weighted by Crippen LogP contribution is -2.29. The molecule has 6 heteroatoms. The molecular weight excluding hydrogens is 709 g/mol. The van der Waals surface area contributed by atoms with Gasteiger partial charge in [-0.05, 0) is 82.0 Å². The predicted molar refractivity (Wildman–Crippen MR) is 232 cm³/mol. The average Bonchev–Trinajstić information content (AvgIpc) is 3.55. The smallest absolute Gasteiger partial charge is 0.127 e. The Kier molecular flexibility index (Phi) is 14.6. The highest BCUT2D eigenvalue weighted by Gasteiger charge is 2.47. The molecule has 0 saturated carbocycles. The maximum Gasteiger partial charge on any atom is 0.127 e. The van der Waals surface area contributed by atoms with Gasteiger partial charge in [0.15, 0.2) is 0 Å². The Hall–Kier alpha value is -4.72. The number of aliphatic hydroxyl groups is 2. The zero-order valence-corrected chi connectivity index (χ0v) is 33.3. The van der Waals surface area contributed by atoms with Crippen LogP contribution in [0.4, 0.5) is 0 Å². The Labute approximate surface area is 338 Å². The third-order valence-corrected chi connectivity index (χ3v) is 11.3. The zero-order chi connectivity index (χ0) is 39.1. The molecule has 1 aliphatic carbocycles. The van der Waals surface area contributed by atoms with Crippen molar-refractivity contribution in [2.24, 2.45) is 0 Å². The van der Waals surface area contributed by atoms with E-state index in [1.807, 2.05) is 0 Å². The van der Waals surface area contributed by atoms with Gasteiger partial charge in [-0.25, -0.2) is 0 Å². The Morgan fingerprint density at radius 1 is 0.333 bits per heavy atom. The van der Waals surface area contributed by atoms with E-state index < -0.39 is 5.41 Å². The molecule has 0 spiro atoms. The summed E-state index contributed by atoms with van der Waals surface area (Å²) in [5, 5.41) is 22.5. The molecule has 298 valence electrons. The van der Waals surface area contributed by atoms with Crippen molar-refractivity contribution >= 4 is 21.5 Å². The van der Waals surface area contributed by atoms with E-state index in [0.29, 0.717) is 26.4 Å². The van der Waals surface area contributed by atoms with Gasteiger partial charge in [0.25, 0.3) is 0 Å². The van der Waals surface area contributed by atoms with Crippen LogP contribution in [0.5, 0.6) is 11.5 Å². The predicted octanol–water partition coefficient (Wildman–Crippen LogP) is 11.0. The molecule has 2 N–H and O–H groups in total. The SMILES string of the molecule is OCCCCCCOCCCOc1cccc2c(C3(c4cccc5c(OCCCOCCCCCCO)cccc45)c4ccccc4-c4ccccc43)cccc12. The van der Waals surface area contributed by atoms with E-state index in [1.54, 1.807) is 0 Å². The van der Waals surface area contributed by atoms with Crippen molar-refractivity contribution < 1.29 is 29.2 Å². The van der Waals surface area contributed by atoms with Crippen LogP contribution in [0, 0.1) is 0 Å². The normalized spacial score (nSPS) is 12.9. The fraction of sp³-hybridized carbons (Fsp3) is 0.373. The molecule has 0 radical (unpaired) electrons. The summed E-state index contributed by atoms with van der Waals surface area (Å²) in [6, 6.07) is 44.1. The Morgan fingerprint density at radius 3 is 1.19 bits per heavy atom. The molecule has 0 aliphatic heterocycles. The fourth-order valence-electron chi connectivity index (χ4n) is 8.66. The highest BCUT2D eigenvalue weighted by atomic mass is 16.5. The first-order valence-electron chi connectivity index (χ1n) is 21.2. The number of benzene rings is 6. The van der Waals surface area contributed by atoms with Crippen LogP contribution >= 0.6 is 0 Å². The van der Waals surface area contributed by atoms with Crippen LogP contribution in [0.25, 0.3) is 32.7 Å². The summed E-state index contributed by atoms with van der Waals surface area (Å²) >= 11 is 0. The molecule has 0 heterocycles. The van der Waals surface area contributed by atoms with Crippen molar-refractivity contribution in [3.8, 4) is 22.6 Å². The second-order valence-electron chi connectivity index (χ2n) is 15.1. The van der Waals surface area contributed by atoms with Gasteiger partial charge in [-0.1, -0.05) is 135 Å². The van der Waals surface area contributed by atoms with Gasteiger partial charge in [0.05, 0.1) is 18.6 Å². The van der Waals surface area contributed by atoms with Gasteiger partial charge in [-0.15, -0.1) is 0 Å². The topological polar surface area (TPSA) is 77.4 Å². The molecule has 0 unspecified atom stereocenters. The van der Waals surface area contributed by atoms with E-state index in [2.05, 4.69) is 121 Å². The molecule has 0 bridgehead atoms. The Morgan fingerprint density at radius 2 is 0.719 bits per heavy atom. The summed E-state index contributed by atoms with van der Waals surface area (Å²) < 4.78 is 24.8. The standard InChI is InChI=1S/C51H58O6/c52-31-9-1-3-11-33-54-35-17-37-56-49-29-15-21-41-43(49)23-13-27-47(41)51(45-25-7-5-19-39(45)40-20-6-8-26-46(40)51)48-28-14-24-44-42(48)22-16-30-50(44)57-38-18-36-55-34-12-4-2-10-32-53/h5-8,13-16,19-30,52-53H,1-4,9-12,17-18,31-38H2. The number of aliphatic hydroxyl groups excluding tert-OH is 2. The summed E-state index contributed by atoms with van der Waals surface area (Å²) in [4.78, 5) is 0. The quantitative estimate of drug-likeness (QED) is 0.0597. The van der Waals surface area contributed by atoms with E-state index in [9.17, 15) is 0 Å².